The molecule has 1 aromatic heterocycles. The molecular formula is C24H25N3O2S. The molecule has 0 radical (unpaired) electrons. The highest BCUT2D eigenvalue weighted by atomic mass is 32.1. The topological polar surface area (TPSA) is 66.9 Å². The van der Waals surface area contributed by atoms with Crippen LogP contribution in [0.1, 0.15) is 48.0 Å². The van der Waals surface area contributed by atoms with Crippen LogP contribution in [0.4, 0.5) is 0 Å². The van der Waals surface area contributed by atoms with Crippen molar-refractivity contribution in [3.05, 3.63) is 86.4 Å². The number of hydrogen-bond donors (Lipinski definition) is 2. The van der Waals surface area contributed by atoms with Crippen molar-refractivity contribution in [3.8, 4) is 0 Å². The van der Waals surface area contributed by atoms with Crippen molar-refractivity contribution in [2.24, 2.45) is 0 Å². The summed E-state index contributed by atoms with van der Waals surface area (Å²) in [6, 6.07) is 14.8. The molecule has 0 atom stereocenters. The minimum atomic E-state index is -0.159. The van der Waals surface area contributed by atoms with Crippen molar-refractivity contribution in [3.63, 3.8) is 0 Å². The number of H-pyrrole nitrogens is 1. The van der Waals surface area contributed by atoms with Gasteiger partial charge in [-0.1, -0.05) is 42.0 Å². The number of amides is 1. The summed E-state index contributed by atoms with van der Waals surface area (Å²) in [6.45, 7) is 1.03. The fourth-order valence-electron chi connectivity index (χ4n) is 3.88. The third-order valence-electron chi connectivity index (χ3n) is 5.54. The quantitative estimate of drug-likeness (QED) is 0.448. The number of rotatable bonds is 6. The fourth-order valence-corrected chi connectivity index (χ4v) is 4.13. The maximum absolute atomic E-state index is 13.0. The lowest BCUT2D eigenvalue weighted by Gasteiger charge is -2.13. The minimum absolute atomic E-state index is 0.138. The van der Waals surface area contributed by atoms with Crippen LogP contribution in [0.3, 0.4) is 0 Å². The van der Waals surface area contributed by atoms with E-state index in [1.165, 1.54) is 18.4 Å². The predicted octanol–water partition coefficient (Wildman–Crippen LogP) is 4.73. The van der Waals surface area contributed by atoms with Crippen molar-refractivity contribution in [2.75, 3.05) is 6.54 Å². The molecule has 2 N–H and O–H groups in total. The lowest BCUT2D eigenvalue weighted by molar-refractivity contribution is 0.0954. The van der Waals surface area contributed by atoms with Gasteiger partial charge in [-0.15, -0.1) is 0 Å². The van der Waals surface area contributed by atoms with Gasteiger partial charge in [-0.05, 0) is 68.1 Å². The van der Waals surface area contributed by atoms with Crippen LogP contribution in [0.5, 0.6) is 0 Å². The zero-order chi connectivity index (χ0) is 20.9. The first-order valence-corrected chi connectivity index (χ1v) is 10.8. The van der Waals surface area contributed by atoms with Crippen LogP contribution < -0.4 is 10.9 Å². The van der Waals surface area contributed by atoms with Gasteiger partial charge in [0, 0.05) is 12.1 Å². The summed E-state index contributed by atoms with van der Waals surface area (Å²) in [5.74, 6) is -0.138. The summed E-state index contributed by atoms with van der Waals surface area (Å²) in [4.78, 5) is 28.6. The molecule has 0 aliphatic heterocycles. The molecule has 1 amide bonds. The number of nitrogens with one attached hydrogen (secondary N) is 2. The molecule has 0 saturated carbocycles. The Morgan fingerprint density at radius 1 is 1.13 bits per heavy atom. The number of hydrogen-bond acceptors (Lipinski definition) is 3. The van der Waals surface area contributed by atoms with Crippen molar-refractivity contribution in [2.45, 2.75) is 38.6 Å². The van der Waals surface area contributed by atoms with Gasteiger partial charge in [0.2, 0.25) is 0 Å². The van der Waals surface area contributed by atoms with Gasteiger partial charge in [0.25, 0.3) is 11.5 Å². The van der Waals surface area contributed by atoms with Gasteiger partial charge in [-0.3, -0.25) is 14.2 Å². The average molecular weight is 420 g/mol. The van der Waals surface area contributed by atoms with Crippen molar-refractivity contribution < 1.29 is 4.79 Å². The second-order valence-corrected chi connectivity index (χ2v) is 8.07. The Balaban J connectivity index is 1.52. The Labute approximate surface area is 180 Å². The van der Waals surface area contributed by atoms with E-state index >= 15 is 0 Å². The molecule has 0 fully saturated rings. The van der Waals surface area contributed by atoms with Gasteiger partial charge < -0.3 is 10.3 Å². The first-order chi connectivity index (χ1) is 14.6. The molecule has 30 heavy (non-hydrogen) atoms. The van der Waals surface area contributed by atoms with E-state index in [9.17, 15) is 9.59 Å². The normalized spacial score (nSPS) is 13.8. The van der Waals surface area contributed by atoms with Crippen LogP contribution in [0, 0.1) is 4.77 Å². The molecule has 2 aromatic carbocycles. The Kier molecular flexibility index (Phi) is 6.23. The first kappa shape index (κ1) is 20.3. The number of benzene rings is 2. The van der Waals surface area contributed by atoms with Crippen LogP contribution in [0.2, 0.25) is 0 Å². The number of fused-ring (bicyclic) bond motifs is 1. The lowest BCUT2D eigenvalue weighted by Crippen LogP contribution is -2.26. The standard InChI is InChI=1S/C24H25N3O2S/c28-22(25-14-13-17-7-3-1-4-8-17)19-11-12-20-21(15-19)26-24(30)27(23(20)29)16-18-9-5-2-6-10-18/h2,5-7,9-12,15H,1,3-4,8,13-14,16H2,(H,25,28)(H,26,30). The molecule has 1 heterocycles. The van der Waals surface area contributed by atoms with Crippen molar-refractivity contribution >= 4 is 29.0 Å². The van der Waals surface area contributed by atoms with Gasteiger partial charge in [-0.25, -0.2) is 0 Å². The average Bonchev–Trinajstić information content (AvgIpc) is 2.77. The molecule has 3 aromatic rings. The molecule has 6 heteroatoms. The number of carbonyl (C=O) groups excluding carboxylic acids is 1. The molecule has 5 nitrogen and oxygen atoms in total. The molecule has 1 aliphatic carbocycles. The minimum Gasteiger partial charge on any atom is -0.352 e. The third-order valence-corrected chi connectivity index (χ3v) is 5.87. The van der Waals surface area contributed by atoms with Crippen LogP contribution in [0.15, 0.2) is 65.0 Å². The molecule has 4 rings (SSSR count). The van der Waals surface area contributed by atoms with E-state index in [0.29, 0.717) is 34.3 Å². The predicted molar refractivity (Wildman–Crippen MR) is 122 cm³/mol. The number of nitrogens with zero attached hydrogens (tertiary/aromatic N) is 1. The Morgan fingerprint density at radius 3 is 2.73 bits per heavy atom. The van der Waals surface area contributed by atoms with E-state index in [2.05, 4.69) is 16.4 Å². The van der Waals surface area contributed by atoms with Crippen LogP contribution >= 0.6 is 12.2 Å². The maximum Gasteiger partial charge on any atom is 0.262 e. The first-order valence-electron chi connectivity index (χ1n) is 10.4. The molecule has 0 unspecified atom stereocenters. The summed E-state index contributed by atoms with van der Waals surface area (Å²) in [5.41, 5.74) is 3.38. The van der Waals surface area contributed by atoms with Gasteiger partial charge in [-0.2, -0.15) is 0 Å². The van der Waals surface area contributed by atoms with Gasteiger partial charge in [0.15, 0.2) is 4.77 Å². The number of allylic oxidation sites excluding steroid dienone is 1. The molecule has 0 saturated heterocycles. The SMILES string of the molecule is O=C(NCCC1=CCCCC1)c1ccc2c(=O)n(Cc3ccccc3)c(=S)[nH]c2c1. The third kappa shape index (κ3) is 4.60. The van der Waals surface area contributed by atoms with Crippen LogP contribution in [-0.2, 0) is 6.54 Å². The molecule has 0 bridgehead atoms. The van der Waals surface area contributed by atoms with Gasteiger partial charge in [0.1, 0.15) is 0 Å². The van der Waals surface area contributed by atoms with Gasteiger partial charge in [0.05, 0.1) is 17.4 Å². The van der Waals surface area contributed by atoms with E-state index in [4.69, 9.17) is 12.2 Å². The van der Waals surface area contributed by atoms with E-state index in [-0.39, 0.29) is 11.5 Å². The van der Waals surface area contributed by atoms with Crippen LogP contribution in [0.25, 0.3) is 10.9 Å². The Hall–Kier alpha value is -2.99. The Morgan fingerprint density at radius 2 is 1.97 bits per heavy atom. The summed E-state index contributed by atoms with van der Waals surface area (Å²) < 4.78 is 1.89. The Bertz CT molecular complexity index is 1210. The number of aromatic amines is 1. The summed E-state index contributed by atoms with van der Waals surface area (Å²) in [5, 5.41) is 3.50. The highest BCUT2D eigenvalue weighted by Crippen LogP contribution is 2.19. The lowest BCUT2D eigenvalue weighted by atomic mass is 9.97. The second kappa shape index (κ2) is 9.22. The van der Waals surface area contributed by atoms with E-state index < -0.39 is 0 Å². The summed E-state index contributed by atoms with van der Waals surface area (Å²) >= 11 is 5.42. The smallest absolute Gasteiger partial charge is 0.262 e. The maximum atomic E-state index is 13.0. The summed E-state index contributed by atoms with van der Waals surface area (Å²) in [7, 11) is 0. The van der Waals surface area contributed by atoms with E-state index in [1.54, 1.807) is 22.8 Å². The van der Waals surface area contributed by atoms with Crippen molar-refractivity contribution in [1.82, 2.24) is 14.9 Å². The van der Waals surface area contributed by atoms with E-state index in [0.717, 1.165) is 24.8 Å². The number of aromatic nitrogens is 2. The van der Waals surface area contributed by atoms with E-state index in [1.807, 2.05) is 30.3 Å². The largest absolute Gasteiger partial charge is 0.352 e. The number of carbonyl (C=O) groups is 1. The van der Waals surface area contributed by atoms with Crippen LogP contribution in [-0.4, -0.2) is 22.0 Å². The molecule has 1 aliphatic rings. The van der Waals surface area contributed by atoms with Crippen molar-refractivity contribution in [1.29, 1.82) is 0 Å². The molecular weight excluding hydrogens is 394 g/mol. The second-order valence-electron chi connectivity index (χ2n) is 7.68. The highest BCUT2D eigenvalue weighted by Gasteiger charge is 2.11. The fraction of sp³-hybridized carbons (Fsp3) is 0.292. The zero-order valence-corrected chi connectivity index (χ0v) is 17.6. The highest BCUT2D eigenvalue weighted by molar-refractivity contribution is 7.71. The van der Waals surface area contributed by atoms with Gasteiger partial charge >= 0.3 is 0 Å². The molecule has 154 valence electrons. The monoisotopic (exact) mass is 419 g/mol. The zero-order valence-electron chi connectivity index (χ0n) is 16.8. The summed E-state index contributed by atoms with van der Waals surface area (Å²) in [6.07, 6.45) is 7.98. The molecule has 0 spiro atoms.